The maximum Gasteiger partial charge on any atom is 0.151 e. The number of pyridine rings is 1. The lowest BCUT2D eigenvalue weighted by molar-refractivity contribution is 0.591. The van der Waals surface area contributed by atoms with E-state index in [1.54, 1.807) is 13.1 Å². The Balaban J connectivity index is 2.35. The first kappa shape index (κ1) is 13.1. The first-order chi connectivity index (χ1) is 7.55. The number of nitrogens with one attached hydrogen (secondary N) is 1. The average Bonchev–Trinajstić information content (AvgIpc) is 2.27. The lowest BCUT2D eigenvalue weighted by Crippen LogP contribution is -2.23. The van der Waals surface area contributed by atoms with E-state index < -0.39 is 9.84 Å². The molecule has 1 aromatic rings. The first-order valence-electron chi connectivity index (χ1n) is 5.37. The maximum atomic E-state index is 11.2. The molecule has 0 bridgehead atoms. The molecule has 0 unspecified atom stereocenters. The first-order valence-corrected chi connectivity index (χ1v) is 7.19. The molecule has 0 saturated heterocycles. The summed E-state index contributed by atoms with van der Waals surface area (Å²) in [5.41, 5.74) is 2.09. The van der Waals surface area contributed by atoms with Crippen molar-refractivity contribution in [3.8, 4) is 0 Å². The van der Waals surface area contributed by atoms with Gasteiger partial charge in [0.05, 0.1) is 5.75 Å². The maximum absolute atomic E-state index is 11.2. The van der Waals surface area contributed by atoms with Crippen molar-refractivity contribution < 1.29 is 8.42 Å². The van der Waals surface area contributed by atoms with E-state index in [4.69, 9.17) is 0 Å². The molecule has 0 spiro atoms. The summed E-state index contributed by atoms with van der Waals surface area (Å²) in [5, 5.41) is 3.11. The summed E-state index contributed by atoms with van der Waals surface area (Å²) in [4.78, 5) is 4.16. The highest BCUT2D eigenvalue weighted by Crippen LogP contribution is 2.02. The van der Waals surface area contributed by atoms with Crippen LogP contribution >= 0.6 is 0 Å². The molecule has 1 rings (SSSR count). The molecule has 0 aromatic carbocycles. The Kier molecular flexibility index (Phi) is 4.89. The van der Waals surface area contributed by atoms with Gasteiger partial charge in [0, 0.05) is 30.7 Å². The monoisotopic (exact) mass is 242 g/mol. The minimum atomic E-state index is -2.86. The molecule has 0 fully saturated rings. The van der Waals surface area contributed by atoms with Crippen LogP contribution in [0.4, 0.5) is 0 Å². The number of aryl methyl sites for hydroxylation is 1. The molecule has 0 aliphatic carbocycles. The van der Waals surface area contributed by atoms with E-state index in [1.165, 1.54) is 0 Å². The molecule has 0 atom stereocenters. The number of hydrogen-bond acceptors (Lipinski definition) is 4. The predicted molar refractivity (Wildman–Crippen MR) is 65.0 cm³/mol. The second-order valence-electron chi connectivity index (χ2n) is 3.66. The number of rotatable bonds is 6. The second-order valence-corrected chi connectivity index (χ2v) is 6.13. The van der Waals surface area contributed by atoms with E-state index in [1.807, 2.05) is 19.1 Å². The van der Waals surface area contributed by atoms with Gasteiger partial charge in [0.1, 0.15) is 0 Å². The summed E-state index contributed by atoms with van der Waals surface area (Å²) in [7, 11) is -2.86. The van der Waals surface area contributed by atoms with Crippen molar-refractivity contribution in [3.05, 3.63) is 29.6 Å². The molecule has 0 radical (unpaired) electrons. The largest absolute Gasteiger partial charge is 0.312 e. The molecular formula is C11H18N2O2S. The van der Waals surface area contributed by atoms with E-state index in [9.17, 15) is 8.42 Å². The van der Waals surface area contributed by atoms with Crippen LogP contribution in [0.15, 0.2) is 18.3 Å². The smallest absolute Gasteiger partial charge is 0.151 e. The lowest BCUT2D eigenvalue weighted by atomic mass is 10.2. The summed E-state index contributed by atoms with van der Waals surface area (Å²) < 4.78 is 22.5. The Bertz CT molecular complexity index is 429. The highest BCUT2D eigenvalue weighted by molar-refractivity contribution is 7.91. The van der Waals surface area contributed by atoms with Gasteiger partial charge in [0.25, 0.3) is 0 Å². The molecule has 1 N–H and O–H groups in total. The minimum absolute atomic E-state index is 0.197. The van der Waals surface area contributed by atoms with Crippen LogP contribution in [-0.2, 0) is 16.4 Å². The van der Waals surface area contributed by atoms with Gasteiger partial charge >= 0.3 is 0 Å². The fraction of sp³-hybridized carbons (Fsp3) is 0.545. The van der Waals surface area contributed by atoms with Crippen LogP contribution in [0.5, 0.6) is 0 Å². The number of aromatic nitrogens is 1. The van der Waals surface area contributed by atoms with Crippen molar-refractivity contribution in [2.24, 2.45) is 0 Å². The van der Waals surface area contributed by atoms with Gasteiger partial charge in [0.15, 0.2) is 9.84 Å². The molecular weight excluding hydrogens is 224 g/mol. The van der Waals surface area contributed by atoms with E-state index in [0.29, 0.717) is 13.1 Å². The SMILES string of the molecule is CCS(=O)(=O)CCNCc1cccnc1C. The molecule has 0 saturated carbocycles. The normalized spacial score (nSPS) is 11.6. The topological polar surface area (TPSA) is 59.1 Å². The van der Waals surface area contributed by atoms with Crippen LogP contribution in [0, 0.1) is 6.92 Å². The minimum Gasteiger partial charge on any atom is -0.312 e. The van der Waals surface area contributed by atoms with Crippen LogP contribution in [0.3, 0.4) is 0 Å². The molecule has 0 amide bonds. The predicted octanol–water partition coefficient (Wildman–Crippen LogP) is 0.914. The van der Waals surface area contributed by atoms with Crippen molar-refractivity contribution >= 4 is 9.84 Å². The highest BCUT2D eigenvalue weighted by atomic mass is 32.2. The van der Waals surface area contributed by atoms with Gasteiger partial charge in [-0.25, -0.2) is 8.42 Å². The van der Waals surface area contributed by atoms with Crippen molar-refractivity contribution in [2.45, 2.75) is 20.4 Å². The third-order valence-corrected chi connectivity index (χ3v) is 4.17. The Morgan fingerprint density at radius 2 is 2.19 bits per heavy atom. The van der Waals surface area contributed by atoms with Gasteiger partial charge < -0.3 is 5.32 Å². The van der Waals surface area contributed by atoms with E-state index >= 15 is 0 Å². The third-order valence-electron chi connectivity index (χ3n) is 2.46. The van der Waals surface area contributed by atoms with Gasteiger partial charge in [-0.05, 0) is 18.6 Å². The van der Waals surface area contributed by atoms with Gasteiger partial charge in [0.2, 0.25) is 0 Å². The molecule has 90 valence electrons. The summed E-state index contributed by atoms with van der Waals surface area (Å²) in [6.45, 7) is 4.77. The number of sulfone groups is 1. The standard InChI is InChI=1S/C11H18N2O2S/c1-3-16(14,15)8-7-12-9-11-5-4-6-13-10(11)2/h4-6,12H,3,7-9H2,1-2H3. The highest BCUT2D eigenvalue weighted by Gasteiger charge is 2.06. The molecule has 16 heavy (non-hydrogen) atoms. The molecule has 0 aliphatic rings. The summed E-state index contributed by atoms with van der Waals surface area (Å²) >= 11 is 0. The van der Waals surface area contributed by atoms with Gasteiger partial charge in [-0.15, -0.1) is 0 Å². The zero-order valence-electron chi connectivity index (χ0n) is 9.73. The summed E-state index contributed by atoms with van der Waals surface area (Å²) in [6.07, 6.45) is 1.75. The molecule has 4 nitrogen and oxygen atoms in total. The number of hydrogen-bond donors (Lipinski definition) is 1. The average molecular weight is 242 g/mol. The quantitative estimate of drug-likeness (QED) is 0.753. The van der Waals surface area contributed by atoms with E-state index in [2.05, 4.69) is 10.3 Å². The Labute approximate surface area is 97.0 Å². The summed E-state index contributed by atoms with van der Waals surface area (Å²) in [5.74, 6) is 0.406. The molecule has 0 aliphatic heterocycles. The lowest BCUT2D eigenvalue weighted by Gasteiger charge is -2.06. The van der Waals surface area contributed by atoms with Crippen LogP contribution < -0.4 is 5.32 Å². The van der Waals surface area contributed by atoms with Gasteiger partial charge in [-0.3, -0.25) is 4.98 Å². The van der Waals surface area contributed by atoms with E-state index in [-0.39, 0.29) is 11.5 Å². The van der Waals surface area contributed by atoms with Crippen LogP contribution in [0.1, 0.15) is 18.2 Å². The Hall–Kier alpha value is -0.940. The van der Waals surface area contributed by atoms with Crippen LogP contribution in [0.25, 0.3) is 0 Å². The summed E-state index contributed by atoms with van der Waals surface area (Å²) in [6, 6.07) is 3.87. The van der Waals surface area contributed by atoms with Crippen LogP contribution in [-0.4, -0.2) is 31.5 Å². The fourth-order valence-electron chi connectivity index (χ4n) is 1.30. The molecule has 1 aromatic heterocycles. The molecule has 1 heterocycles. The van der Waals surface area contributed by atoms with Crippen molar-refractivity contribution in [2.75, 3.05) is 18.1 Å². The van der Waals surface area contributed by atoms with E-state index in [0.717, 1.165) is 11.3 Å². The second kappa shape index (κ2) is 5.96. The van der Waals surface area contributed by atoms with Crippen molar-refractivity contribution in [1.29, 1.82) is 0 Å². The molecule has 5 heteroatoms. The fourth-order valence-corrected chi connectivity index (χ4v) is 2.04. The zero-order chi connectivity index (χ0) is 12.0. The Morgan fingerprint density at radius 1 is 1.44 bits per heavy atom. The number of nitrogens with zero attached hydrogens (tertiary/aromatic N) is 1. The van der Waals surface area contributed by atoms with Crippen molar-refractivity contribution in [1.82, 2.24) is 10.3 Å². The van der Waals surface area contributed by atoms with Gasteiger partial charge in [-0.1, -0.05) is 13.0 Å². The third kappa shape index (κ3) is 4.28. The zero-order valence-corrected chi connectivity index (χ0v) is 10.5. The van der Waals surface area contributed by atoms with Gasteiger partial charge in [-0.2, -0.15) is 0 Å². The van der Waals surface area contributed by atoms with Crippen molar-refractivity contribution in [3.63, 3.8) is 0 Å². The van der Waals surface area contributed by atoms with Crippen LogP contribution in [0.2, 0.25) is 0 Å². The Morgan fingerprint density at radius 3 is 2.81 bits per heavy atom.